The molecule has 29 heavy (non-hydrogen) atoms. The number of aromatic nitrogens is 3. The van der Waals surface area contributed by atoms with Crippen LogP contribution in [0, 0.1) is 11.6 Å². The van der Waals surface area contributed by atoms with Crippen LogP contribution in [-0.2, 0) is 19.0 Å². The summed E-state index contributed by atoms with van der Waals surface area (Å²) >= 11 is 0. The molecule has 0 saturated heterocycles. The molecule has 2 aromatic heterocycles. The monoisotopic (exact) mass is 408 g/mol. The van der Waals surface area contributed by atoms with Gasteiger partial charge in [-0.25, -0.2) is 13.5 Å². The first-order chi connectivity index (χ1) is 13.7. The maximum Gasteiger partial charge on any atom is 0.419 e. The largest absolute Gasteiger partial charge is 0.419 e. The smallest absolute Gasteiger partial charge is 0.352 e. The highest BCUT2D eigenvalue weighted by molar-refractivity contribution is 5.96. The number of alkyl halides is 3. The Bertz CT molecular complexity index is 1110. The number of fused-ring (bicyclic) bond motifs is 1. The Morgan fingerprint density at radius 2 is 1.97 bits per heavy atom. The second-order valence-electron chi connectivity index (χ2n) is 6.54. The Kier molecular flexibility index (Phi) is 4.56. The van der Waals surface area contributed by atoms with Gasteiger partial charge in [0.2, 0.25) is 0 Å². The van der Waals surface area contributed by atoms with Crippen LogP contribution in [0.15, 0.2) is 36.7 Å². The molecule has 5 nitrogen and oxygen atoms in total. The van der Waals surface area contributed by atoms with E-state index in [4.69, 9.17) is 0 Å². The van der Waals surface area contributed by atoms with Crippen LogP contribution in [0.1, 0.15) is 32.9 Å². The molecule has 0 unspecified atom stereocenters. The standard InChI is InChI=1S/C19H13F5N4O/c20-15-7-10(6-14(17(15)21)19(22,23)24)5-11-8-12(1-3-25-11)28-16-2-4-26-18(29)13(16)9-27-28/h1,3,6-9H,2,4-5H2,(H,26,29). The number of hydrogen-bond acceptors (Lipinski definition) is 3. The minimum absolute atomic E-state index is 0.0669. The van der Waals surface area contributed by atoms with Crippen LogP contribution in [0.25, 0.3) is 5.69 Å². The van der Waals surface area contributed by atoms with Gasteiger partial charge in [-0.05, 0) is 29.8 Å². The molecule has 0 fully saturated rings. The van der Waals surface area contributed by atoms with Crippen LogP contribution in [0.5, 0.6) is 0 Å². The van der Waals surface area contributed by atoms with E-state index >= 15 is 0 Å². The van der Waals surface area contributed by atoms with E-state index in [0.29, 0.717) is 41.7 Å². The number of nitrogens with one attached hydrogen (secondary N) is 1. The molecule has 0 spiro atoms. The molecule has 0 aliphatic carbocycles. The average molecular weight is 408 g/mol. The van der Waals surface area contributed by atoms with Gasteiger partial charge in [0, 0.05) is 31.3 Å². The zero-order valence-corrected chi connectivity index (χ0v) is 14.7. The first-order valence-corrected chi connectivity index (χ1v) is 8.59. The van der Waals surface area contributed by atoms with E-state index in [0.717, 1.165) is 6.07 Å². The molecule has 4 rings (SSSR count). The lowest BCUT2D eigenvalue weighted by atomic mass is 10.0. The molecule has 0 bridgehead atoms. The summed E-state index contributed by atoms with van der Waals surface area (Å²) in [6, 6.07) is 4.51. The van der Waals surface area contributed by atoms with Crippen LogP contribution in [0.4, 0.5) is 22.0 Å². The van der Waals surface area contributed by atoms with Crippen LogP contribution >= 0.6 is 0 Å². The Labute approximate surface area is 161 Å². The minimum Gasteiger partial charge on any atom is -0.352 e. The summed E-state index contributed by atoms with van der Waals surface area (Å²) in [7, 11) is 0. The van der Waals surface area contributed by atoms with Gasteiger partial charge in [-0.1, -0.05) is 0 Å². The van der Waals surface area contributed by atoms with E-state index in [-0.39, 0.29) is 17.9 Å². The zero-order chi connectivity index (χ0) is 20.8. The van der Waals surface area contributed by atoms with E-state index in [9.17, 15) is 26.7 Å². The molecule has 0 radical (unpaired) electrons. The van der Waals surface area contributed by atoms with E-state index < -0.39 is 23.4 Å². The summed E-state index contributed by atoms with van der Waals surface area (Å²) in [6.45, 7) is 0.463. The lowest BCUT2D eigenvalue weighted by Crippen LogP contribution is -2.32. The Morgan fingerprint density at radius 1 is 1.17 bits per heavy atom. The molecule has 0 saturated carbocycles. The van der Waals surface area contributed by atoms with Crippen molar-refractivity contribution in [1.29, 1.82) is 0 Å². The third kappa shape index (κ3) is 3.57. The van der Waals surface area contributed by atoms with Gasteiger partial charge >= 0.3 is 6.18 Å². The number of carbonyl (C=O) groups excluding carboxylic acids is 1. The number of nitrogens with zero attached hydrogens (tertiary/aromatic N) is 3. The van der Waals surface area contributed by atoms with Crippen molar-refractivity contribution in [2.45, 2.75) is 19.0 Å². The summed E-state index contributed by atoms with van der Waals surface area (Å²) in [5, 5.41) is 6.92. The second-order valence-corrected chi connectivity index (χ2v) is 6.54. The van der Waals surface area contributed by atoms with E-state index in [1.807, 2.05) is 0 Å². The predicted molar refractivity (Wildman–Crippen MR) is 91.6 cm³/mol. The van der Waals surface area contributed by atoms with Crippen molar-refractivity contribution in [3.63, 3.8) is 0 Å². The second kappa shape index (κ2) is 6.94. The molecule has 1 aliphatic heterocycles. The molecule has 1 aromatic carbocycles. The number of carbonyl (C=O) groups is 1. The first-order valence-electron chi connectivity index (χ1n) is 8.59. The number of hydrogen-bond donors (Lipinski definition) is 1. The summed E-state index contributed by atoms with van der Waals surface area (Å²) in [5.41, 5.74) is 0.331. The Hall–Kier alpha value is -3.30. The van der Waals surface area contributed by atoms with Gasteiger partial charge in [0.1, 0.15) is 0 Å². The topological polar surface area (TPSA) is 59.8 Å². The zero-order valence-electron chi connectivity index (χ0n) is 14.7. The van der Waals surface area contributed by atoms with Crippen LogP contribution < -0.4 is 5.32 Å². The van der Waals surface area contributed by atoms with Gasteiger partial charge in [-0.3, -0.25) is 9.78 Å². The third-order valence-corrected chi connectivity index (χ3v) is 4.58. The van der Waals surface area contributed by atoms with Gasteiger partial charge in [0.05, 0.1) is 28.7 Å². The fourth-order valence-corrected chi connectivity index (χ4v) is 3.27. The van der Waals surface area contributed by atoms with Crippen molar-refractivity contribution < 1.29 is 26.7 Å². The van der Waals surface area contributed by atoms with Crippen LogP contribution in [0.3, 0.4) is 0 Å². The predicted octanol–water partition coefficient (Wildman–Crippen LogP) is 3.44. The van der Waals surface area contributed by atoms with Crippen molar-refractivity contribution in [1.82, 2.24) is 20.1 Å². The van der Waals surface area contributed by atoms with E-state index in [1.165, 1.54) is 12.4 Å². The highest BCUT2D eigenvalue weighted by atomic mass is 19.4. The highest BCUT2D eigenvalue weighted by Crippen LogP contribution is 2.33. The molecule has 3 aromatic rings. The molecule has 1 amide bonds. The normalized spacial score (nSPS) is 13.9. The Balaban J connectivity index is 1.68. The SMILES string of the molecule is O=C1NCCc2c1cnn2-c1ccnc(Cc2cc(F)c(F)c(C(F)(F)F)c2)c1. The lowest BCUT2D eigenvalue weighted by Gasteiger charge is -2.15. The number of benzene rings is 1. The fourth-order valence-electron chi connectivity index (χ4n) is 3.27. The molecule has 1 aliphatic rings. The summed E-state index contributed by atoms with van der Waals surface area (Å²) in [6.07, 6.45) is -1.71. The molecular weight excluding hydrogens is 395 g/mol. The minimum atomic E-state index is -5.01. The molecule has 1 N–H and O–H groups in total. The molecule has 10 heteroatoms. The van der Waals surface area contributed by atoms with Crippen molar-refractivity contribution in [2.24, 2.45) is 0 Å². The number of pyridine rings is 1. The summed E-state index contributed by atoms with van der Waals surface area (Å²) < 4.78 is 67.5. The fraction of sp³-hybridized carbons (Fsp3) is 0.211. The van der Waals surface area contributed by atoms with Gasteiger partial charge < -0.3 is 5.32 Å². The quantitative estimate of drug-likeness (QED) is 0.676. The van der Waals surface area contributed by atoms with Crippen molar-refractivity contribution in [3.05, 3.63) is 76.4 Å². The third-order valence-electron chi connectivity index (χ3n) is 4.58. The molecule has 150 valence electrons. The van der Waals surface area contributed by atoms with E-state index in [1.54, 1.807) is 16.8 Å². The van der Waals surface area contributed by atoms with Crippen LogP contribution in [-0.4, -0.2) is 27.2 Å². The maximum absolute atomic E-state index is 13.7. The van der Waals surface area contributed by atoms with Gasteiger partial charge in [-0.15, -0.1) is 0 Å². The van der Waals surface area contributed by atoms with Crippen molar-refractivity contribution in [3.8, 4) is 5.69 Å². The van der Waals surface area contributed by atoms with Gasteiger partial charge in [0.25, 0.3) is 5.91 Å². The lowest BCUT2D eigenvalue weighted by molar-refractivity contribution is -0.140. The van der Waals surface area contributed by atoms with Crippen molar-refractivity contribution in [2.75, 3.05) is 6.54 Å². The summed E-state index contributed by atoms with van der Waals surface area (Å²) in [4.78, 5) is 16.0. The maximum atomic E-state index is 13.7. The number of amides is 1. The first kappa shape index (κ1) is 19.0. The summed E-state index contributed by atoms with van der Waals surface area (Å²) in [5.74, 6) is -3.73. The molecular formula is C19H13F5N4O. The Morgan fingerprint density at radius 3 is 2.72 bits per heavy atom. The van der Waals surface area contributed by atoms with Gasteiger partial charge in [0.15, 0.2) is 11.6 Å². The van der Waals surface area contributed by atoms with Crippen molar-refractivity contribution >= 4 is 5.91 Å². The van der Waals surface area contributed by atoms with Gasteiger partial charge in [-0.2, -0.15) is 18.3 Å². The van der Waals surface area contributed by atoms with Crippen LogP contribution in [0.2, 0.25) is 0 Å². The highest BCUT2D eigenvalue weighted by Gasteiger charge is 2.36. The number of halogens is 5. The van der Waals surface area contributed by atoms with E-state index in [2.05, 4.69) is 15.4 Å². The molecule has 3 heterocycles. The average Bonchev–Trinajstić information content (AvgIpc) is 3.09. The molecule has 0 atom stereocenters. The number of rotatable bonds is 3.